The number of aliphatic hydroxyl groups is 1. The Morgan fingerprint density at radius 2 is 1.78 bits per heavy atom. The number of aliphatic hydroxyl groups excluding tert-OH is 1. The van der Waals surface area contributed by atoms with E-state index in [9.17, 15) is 4.79 Å². The van der Waals surface area contributed by atoms with Crippen molar-refractivity contribution < 1.29 is 28.8 Å². The minimum Gasteiger partial charge on any atom is -0.491 e. The summed E-state index contributed by atoms with van der Waals surface area (Å²) in [6, 6.07) is 7.28. The fourth-order valence-electron chi connectivity index (χ4n) is 2.95. The Kier molecular flexibility index (Phi) is 9.17. The normalized spacial score (nSPS) is 15.7. The van der Waals surface area contributed by atoms with Crippen molar-refractivity contribution in [3.63, 3.8) is 0 Å². The maximum absolute atomic E-state index is 13.0. The van der Waals surface area contributed by atoms with Gasteiger partial charge in [-0.2, -0.15) is 0 Å². The molecule has 7 heteroatoms. The molecule has 0 atom stereocenters. The van der Waals surface area contributed by atoms with Gasteiger partial charge in [0.2, 0.25) is 0 Å². The summed E-state index contributed by atoms with van der Waals surface area (Å²) in [6.45, 7) is 8.81. The minimum absolute atomic E-state index is 0.0144. The van der Waals surface area contributed by atoms with E-state index in [1.807, 2.05) is 32.0 Å². The molecule has 0 aromatic heterocycles. The maximum atomic E-state index is 13.0. The number of hydrogen-bond acceptors (Lipinski definition) is 7. The summed E-state index contributed by atoms with van der Waals surface area (Å²) >= 11 is 0. The van der Waals surface area contributed by atoms with E-state index in [4.69, 9.17) is 24.1 Å². The zero-order chi connectivity index (χ0) is 19.5. The molecule has 27 heavy (non-hydrogen) atoms. The second-order valence-electron chi connectivity index (χ2n) is 6.81. The van der Waals surface area contributed by atoms with Crippen LogP contribution in [0.15, 0.2) is 24.3 Å². The summed E-state index contributed by atoms with van der Waals surface area (Å²) in [4.78, 5) is 15.2. The average Bonchev–Trinajstić information content (AvgIpc) is 2.70. The topological polar surface area (TPSA) is 77.5 Å². The standard InChI is InChI=1S/C20H31NO6/c1-20(2,21-6-9-24-10-7-21)19(23)17-4-3-5-18(16-17)27-15-14-26-13-12-25-11-8-22/h3-5,16,22H,6-15H2,1-2H3. The van der Waals surface area contributed by atoms with Crippen LogP contribution in [0.5, 0.6) is 5.75 Å². The fourth-order valence-corrected chi connectivity index (χ4v) is 2.95. The number of ether oxygens (including phenoxy) is 4. The zero-order valence-electron chi connectivity index (χ0n) is 16.3. The number of carbonyl (C=O) groups is 1. The molecule has 1 heterocycles. The average molecular weight is 381 g/mol. The summed E-state index contributed by atoms with van der Waals surface area (Å²) in [5.74, 6) is 0.728. The predicted molar refractivity (Wildman–Crippen MR) is 101 cm³/mol. The number of carbonyl (C=O) groups excluding carboxylic acids is 1. The van der Waals surface area contributed by atoms with E-state index in [1.54, 1.807) is 6.07 Å². The quantitative estimate of drug-likeness (QED) is 0.433. The summed E-state index contributed by atoms with van der Waals surface area (Å²) in [5.41, 5.74) is 0.0578. The third-order valence-electron chi connectivity index (χ3n) is 4.56. The van der Waals surface area contributed by atoms with Gasteiger partial charge in [0.15, 0.2) is 5.78 Å². The first kappa shape index (κ1) is 21.8. The van der Waals surface area contributed by atoms with Crippen LogP contribution in [-0.4, -0.2) is 87.3 Å². The highest BCUT2D eigenvalue weighted by Crippen LogP contribution is 2.24. The van der Waals surface area contributed by atoms with Gasteiger partial charge < -0.3 is 24.1 Å². The molecule has 1 aromatic carbocycles. The molecule has 0 spiro atoms. The Morgan fingerprint density at radius 1 is 1.11 bits per heavy atom. The van der Waals surface area contributed by atoms with Crippen LogP contribution in [0.4, 0.5) is 0 Å². The second-order valence-corrected chi connectivity index (χ2v) is 6.81. The number of hydrogen-bond donors (Lipinski definition) is 1. The number of Topliss-reactive ketones (excluding diaryl/α,β-unsaturated/α-hetero) is 1. The SMILES string of the molecule is CC(C)(C(=O)c1cccc(OCCOCCOCCO)c1)N1CCOCC1. The van der Waals surface area contributed by atoms with Crippen molar-refractivity contribution in [2.24, 2.45) is 0 Å². The lowest BCUT2D eigenvalue weighted by Gasteiger charge is -2.39. The van der Waals surface area contributed by atoms with Gasteiger partial charge in [-0.15, -0.1) is 0 Å². The number of benzene rings is 1. The minimum atomic E-state index is -0.583. The number of nitrogens with zero attached hydrogens (tertiary/aromatic N) is 1. The van der Waals surface area contributed by atoms with Crippen LogP contribution in [0, 0.1) is 0 Å². The fraction of sp³-hybridized carbons (Fsp3) is 0.650. The van der Waals surface area contributed by atoms with Crippen LogP contribution in [-0.2, 0) is 14.2 Å². The highest BCUT2D eigenvalue weighted by molar-refractivity contribution is 6.03. The van der Waals surface area contributed by atoms with Gasteiger partial charge in [-0.05, 0) is 26.0 Å². The Bertz CT molecular complexity index is 571. The summed E-state index contributed by atoms with van der Waals surface area (Å²) in [7, 11) is 0. The molecule has 0 unspecified atom stereocenters. The molecule has 0 saturated carbocycles. The molecule has 1 aliphatic rings. The Hall–Kier alpha value is -1.51. The monoisotopic (exact) mass is 381 g/mol. The molecule has 0 radical (unpaired) electrons. The lowest BCUT2D eigenvalue weighted by Crippen LogP contribution is -2.54. The van der Waals surface area contributed by atoms with E-state index >= 15 is 0 Å². The molecule has 2 rings (SSSR count). The zero-order valence-corrected chi connectivity index (χ0v) is 16.3. The van der Waals surface area contributed by atoms with E-state index in [2.05, 4.69) is 4.90 Å². The van der Waals surface area contributed by atoms with Gasteiger partial charge in [0.25, 0.3) is 0 Å². The smallest absolute Gasteiger partial charge is 0.182 e. The van der Waals surface area contributed by atoms with Gasteiger partial charge in [0.1, 0.15) is 12.4 Å². The largest absolute Gasteiger partial charge is 0.491 e. The van der Waals surface area contributed by atoms with Gasteiger partial charge in [-0.25, -0.2) is 0 Å². The van der Waals surface area contributed by atoms with Gasteiger partial charge in [0, 0.05) is 18.7 Å². The van der Waals surface area contributed by atoms with Crippen LogP contribution in [0.1, 0.15) is 24.2 Å². The Labute approximate surface area is 161 Å². The number of morpholine rings is 1. The Balaban J connectivity index is 1.80. The summed E-state index contributed by atoms with van der Waals surface area (Å²) in [5, 5.41) is 8.60. The molecule has 0 aliphatic carbocycles. The summed E-state index contributed by atoms with van der Waals surface area (Å²) in [6.07, 6.45) is 0. The van der Waals surface area contributed by atoms with Crippen molar-refractivity contribution in [3.8, 4) is 5.75 Å². The molecule has 0 bridgehead atoms. The van der Waals surface area contributed by atoms with E-state index < -0.39 is 5.54 Å². The first-order valence-corrected chi connectivity index (χ1v) is 9.42. The van der Waals surface area contributed by atoms with E-state index in [0.717, 1.165) is 13.1 Å². The first-order chi connectivity index (χ1) is 13.1. The van der Waals surface area contributed by atoms with Crippen molar-refractivity contribution in [2.75, 3.05) is 65.9 Å². The van der Waals surface area contributed by atoms with Crippen molar-refractivity contribution in [3.05, 3.63) is 29.8 Å². The van der Waals surface area contributed by atoms with Crippen molar-refractivity contribution in [1.82, 2.24) is 4.90 Å². The van der Waals surface area contributed by atoms with Gasteiger partial charge >= 0.3 is 0 Å². The van der Waals surface area contributed by atoms with Crippen LogP contribution < -0.4 is 4.74 Å². The van der Waals surface area contributed by atoms with E-state index in [1.165, 1.54) is 0 Å². The van der Waals surface area contributed by atoms with Crippen LogP contribution >= 0.6 is 0 Å². The summed E-state index contributed by atoms with van der Waals surface area (Å²) < 4.78 is 21.6. The maximum Gasteiger partial charge on any atom is 0.182 e. The van der Waals surface area contributed by atoms with Gasteiger partial charge in [-0.1, -0.05) is 12.1 Å². The molecule has 1 saturated heterocycles. The lowest BCUT2D eigenvalue weighted by molar-refractivity contribution is -0.00431. The van der Waals surface area contributed by atoms with E-state index in [-0.39, 0.29) is 12.4 Å². The first-order valence-electron chi connectivity index (χ1n) is 9.42. The Morgan fingerprint density at radius 3 is 2.48 bits per heavy atom. The molecule has 0 amide bonds. The number of ketones is 1. The van der Waals surface area contributed by atoms with Crippen molar-refractivity contribution in [2.45, 2.75) is 19.4 Å². The molecular weight excluding hydrogens is 350 g/mol. The molecule has 1 fully saturated rings. The predicted octanol–water partition coefficient (Wildman–Crippen LogP) is 1.38. The van der Waals surface area contributed by atoms with Crippen molar-refractivity contribution in [1.29, 1.82) is 0 Å². The molecular formula is C20H31NO6. The van der Waals surface area contributed by atoms with Gasteiger partial charge in [-0.3, -0.25) is 9.69 Å². The molecule has 152 valence electrons. The third kappa shape index (κ3) is 6.86. The van der Waals surface area contributed by atoms with Crippen LogP contribution in [0.3, 0.4) is 0 Å². The van der Waals surface area contributed by atoms with Gasteiger partial charge in [0.05, 0.1) is 51.8 Å². The molecule has 1 N–H and O–H groups in total. The van der Waals surface area contributed by atoms with Crippen molar-refractivity contribution >= 4 is 5.78 Å². The highest BCUT2D eigenvalue weighted by Gasteiger charge is 2.36. The number of rotatable bonds is 12. The highest BCUT2D eigenvalue weighted by atomic mass is 16.5. The molecule has 1 aliphatic heterocycles. The molecule has 7 nitrogen and oxygen atoms in total. The lowest BCUT2D eigenvalue weighted by atomic mass is 9.91. The van der Waals surface area contributed by atoms with Crippen LogP contribution in [0.25, 0.3) is 0 Å². The van der Waals surface area contributed by atoms with Crippen LogP contribution in [0.2, 0.25) is 0 Å². The van der Waals surface area contributed by atoms with E-state index in [0.29, 0.717) is 57.6 Å². The molecule has 1 aromatic rings. The third-order valence-corrected chi connectivity index (χ3v) is 4.56. The second kappa shape index (κ2) is 11.4.